The highest BCUT2D eigenvalue weighted by molar-refractivity contribution is 6.04. The lowest BCUT2D eigenvalue weighted by atomic mass is 9.91. The molecule has 3 aromatic carbocycles. The van der Waals surface area contributed by atoms with Crippen molar-refractivity contribution in [3.8, 4) is 5.75 Å². The Morgan fingerprint density at radius 2 is 1.65 bits per heavy atom. The summed E-state index contributed by atoms with van der Waals surface area (Å²) in [7, 11) is 0. The quantitative estimate of drug-likeness (QED) is 0.366. The first kappa shape index (κ1) is 22.5. The predicted molar refractivity (Wildman–Crippen MR) is 132 cm³/mol. The largest absolute Gasteiger partial charge is 0.447 e. The van der Waals surface area contributed by atoms with Crippen molar-refractivity contribution in [1.82, 2.24) is 14.8 Å². The fourth-order valence-electron chi connectivity index (χ4n) is 4.63. The summed E-state index contributed by atoms with van der Waals surface area (Å²) in [5.41, 5.74) is 2.11. The number of oxazole rings is 1. The Morgan fingerprint density at radius 1 is 0.946 bits per heavy atom. The third-order valence-electron chi connectivity index (χ3n) is 6.40. The first-order valence-electron chi connectivity index (χ1n) is 11.7. The van der Waals surface area contributed by atoms with E-state index in [0.29, 0.717) is 22.7 Å². The zero-order chi connectivity index (χ0) is 25.4. The highest BCUT2D eigenvalue weighted by Gasteiger charge is 2.58. The van der Waals surface area contributed by atoms with Gasteiger partial charge < -0.3 is 13.9 Å². The number of ether oxygens (including phenoxy) is 2. The Balaban J connectivity index is 1.33. The molecule has 184 valence electrons. The van der Waals surface area contributed by atoms with Crippen LogP contribution in [0.25, 0.3) is 17.2 Å². The Bertz CT molecular complexity index is 1470. The Hall–Kier alpha value is -4.92. The molecule has 0 bridgehead atoms. The highest BCUT2D eigenvalue weighted by atomic mass is 16.6. The van der Waals surface area contributed by atoms with Crippen molar-refractivity contribution in [2.45, 2.75) is 18.1 Å². The topological polar surface area (TPSA) is 102 Å². The summed E-state index contributed by atoms with van der Waals surface area (Å²) in [5.74, 6) is 0.0420. The van der Waals surface area contributed by atoms with E-state index in [4.69, 9.17) is 13.9 Å². The summed E-state index contributed by atoms with van der Waals surface area (Å²) in [6.07, 6.45) is 1.75. The molecule has 0 saturated carbocycles. The van der Waals surface area contributed by atoms with Crippen LogP contribution in [0.3, 0.4) is 0 Å². The van der Waals surface area contributed by atoms with Gasteiger partial charge in [0.1, 0.15) is 23.9 Å². The van der Waals surface area contributed by atoms with Crippen LogP contribution in [0.15, 0.2) is 95.4 Å². The van der Waals surface area contributed by atoms with Crippen molar-refractivity contribution in [1.29, 1.82) is 0 Å². The minimum absolute atomic E-state index is 0.0999. The van der Waals surface area contributed by atoms with Crippen LogP contribution in [-0.2, 0) is 9.53 Å². The fourth-order valence-corrected chi connectivity index (χ4v) is 4.63. The fraction of sp³-hybridized carbons (Fsp3) is 0.143. The molecule has 9 heteroatoms. The minimum atomic E-state index is -0.968. The number of rotatable bonds is 5. The van der Waals surface area contributed by atoms with Crippen LogP contribution in [-0.4, -0.2) is 51.6 Å². The molecule has 3 heterocycles. The maximum atomic E-state index is 13.4. The molecule has 0 aliphatic carbocycles. The molecule has 2 aliphatic rings. The van der Waals surface area contributed by atoms with E-state index in [1.807, 2.05) is 48.5 Å². The van der Waals surface area contributed by atoms with Crippen LogP contribution in [0.4, 0.5) is 9.59 Å². The van der Waals surface area contributed by atoms with Crippen molar-refractivity contribution in [2.75, 3.05) is 6.61 Å². The second-order valence-corrected chi connectivity index (χ2v) is 8.61. The number of β-lactam (4-membered cyclic amide) rings is 1. The average Bonchev–Trinajstić information content (AvgIpc) is 3.50. The standard InChI is InChI=1S/C28H21N3O6/c32-26-25(30-22(17-35-27(30)33)18-9-3-1-4-10-18)21(31(26)28(34)36-19-11-5-2-6-12-19)15-16-24-29-20-13-7-8-14-23(20)37-24/h1-16,21-22,25H,17H2/b16-15+/t21-,22?,25-/m1/s1. The monoisotopic (exact) mass is 495 g/mol. The van der Waals surface area contributed by atoms with Crippen molar-refractivity contribution in [2.24, 2.45) is 0 Å². The number of imide groups is 1. The molecule has 0 N–H and O–H groups in total. The van der Waals surface area contributed by atoms with Gasteiger partial charge in [0.15, 0.2) is 5.58 Å². The van der Waals surface area contributed by atoms with Crippen molar-refractivity contribution < 1.29 is 28.3 Å². The number of benzene rings is 3. The molecule has 6 rings (SSSR count). The van der Waals surface area contributed by atoms with E-state index < -0.39 is 36.2 Å². The smallest absolute Gasteiger partial charge is 0.422 e. The first-order valence-corrected chi connectivity index (χ1v) is 11.7. The van der Waals surface area contributed by atoms with Gasteiger partial charge in [-0.2, -0.15) is 0 Å². The third kappa shape index (κ3) is 4.10. The van der Waals surface area contributed by atoms with E-state index in [0.717, 1.165) is 10.5 Å². The molecule has 3 amide bonds. The maximum Gasteiger partial charge on any atom is 0.422 e. The lowest BCUT2D eigenvalue weighted by Crippen LogP contribution is -2.72. The summed E-state index contributed by atoms with van der Waals surface area (Å²) in [6, 6.07) is 22.8. The van der Waals surface area contributed by atoms with Gasteiger partial charge in [0.05, 0.1) is 12.1 Å². The van der Waals surface area contributed by atoms with Gasteiger partial charge in [0.25, 0.3) is 5.91 Å². The molecule has 1 aromatic heterocycles. The number of aromatic nitrogens is 1. The SMILES string of the molecule is O=C(Oc1ccccc1)N1C(=O)[C@H](N2C(=O)OCC2c2ccccc2)[C@H]1/C=C/c1nc2ccccc2o1. The summed E-state index contributed by atoms with van der Waals surface area (Å²) in [6.45, 7) is 0.0999. The number of cyclic esters (lactones) is 1. The number of likely N-dealkylation sites (tertiary alicyclic amines) is 1. The lowest BCUT2D eigenvalue weighted by Gasteiger charge is -2.47. The highest BCUT2D eigenvalue weighted by Crippen LogP contribution is 2.37. The molecule has 0 radical (unpaired) electrons. The van der Waals surface area contributed by atoms with Gasteiger partial charge in [-0.25, -0.2) is 19.5 Å². The Morgan fingerprint density at radius 3 is 2.41 bits per heavy atom. The molecule has 37 heavy (non-hydrogen) atoms. The second kappa shape index (κ2) is 9.27. The average molecular weight is 495 g/mol. The van der Waals surface area contributed by atoms with Gasteiger partial charge >= 0.3 is 12.2 Å². The van der Waals surface area contributed by atoms with Crippen LogP contribution in [0.5, 0.6) is 5.75 Å². The summed E-state index contributed by atoms with van der Waals surface area (Å²) < 4.78 is 16.5. The molecular formula is C28H21N3O6. The maximum absolute atomic E-state index is 13.4. The van der Waals surface area contributed by atoms with E-state index in [1.54, 1.807) is 48.6 Å². The number of amides is 3. The molecule has 0 spiro atoms. The van der Waals surface area contributed by atoms with Crippen LogP contribution in [0, 0.1) is 0 Å². The number of hydrogen-bond acceptors (Lipinski definition) is 7. The van der Waals surface area contributed by atoms with Crippen LogP contribution in [0.2, 0.25) is 0 Å². The zero-order valence-electron chi connectivity index (χ0n) is 19.5. The molecule has 2 aliphatic heterocycles. The predicted octanol–water partition coefficient (Wildman–Crippen LogP) is 4.81. The van der Waals surface area contributed by atoms with Crippen molar-refractivity contribution >= 4 is 35.3 Å². The van der Waals surface area contributed by atoms with E-state index in [1.165, 1.54) is 4.90 Å². The van der Waals surface area contributed by atoms with Gasteiger partial charge in [-0.1, -0.05) is 66.7 Å². The van der Waals surface area contributed by atoms with Crippen LogP contribution >= 0.6 is 0 Å². The van der Waals surface area contributed by atoms with Gasteiger partial charge in [0.2, 0.25) is 5.89 Å². The van der Waals surface area contributed by atoms with Crippen molar-refractivity contribution in [3.63, 3.8) is 0 Å². The normalized spacial score (nSPS) is 21.4. The minimum Gasteiger partial charge on any atom is -0.447 e. The van der Waals surface area contributed by atoms with Crippen LogP contribution in [0.1, 0.15) is 17.5 Å². The number of fused-ring (bicyclic) bond motifs is 1. The van der Waals surface area contributed by atoms with Crippen LogP contribution < -0.4 is 4.74 Å². The van der Waals surface area contributed by atoms with Gasteiger partial charge in [-0.3, -0.25) is 9.69 Å². The summed E-state index contributed by atoms with van der Waals surface area (Å²) in [5, 5.41) is 0. The lowest BCUT2D eigenvalue weighted by molar-refractivity contribution is -0.150. The number of carbonyl (C=O) groups excluding carboxylic acids is 3. The Labute approximate surface area is 211 Å². The van der Waals surface area contributed by atoms with Crippen molar-refractivity contribution in [3.05, 3.63) is 102 Å². The molecule has 9 nitrogen and oxygen atoms in total. The molecule has 2 saturated heterocycles. The van der Waals surface area contributed by atoms with Gasteiger partial charge in [-0.15, -0.1) is 0 Å². The molecule has 1 unspecified atom stereocenters. The van der Waals surface area contributed by atoms with Gasteiger partial charge in [-0.05, 0) is 35.9 Å². The van der Waals surface area contributed by atoms with E-state index in [9.17, 15) is 14.4 Å². The third-order valence-corrected chi connectivity index (χ3v) is 6.40. The van der Waals surface area contributed by atoms with E-state index >= 15 is 0 Å². The van der Waals surface area contributed by atoms with E-state index in [2.05, 4.69) is 4.98 Å². The molecular weight excluding hydrogens is 474 g/mol. The first-order chi connectivity index (χ1) is 18.1. The van der Waals surface area contributed by atoms with E-state index in [-0.39, 0.29) is 6.61 Å². The number of carbonyl (C=O) groups is 3. The Kier molecular flexibility index (Phi) is 5.65. The summed E-state index contributed by atoms with van der Waals surface area (Å²) >= 11 is 0. The second-order valence-electron chi connectivity index (χ2n) is 8.61. The molecule has 4 aromatic rings. The zero-order valence-corrected chi connectivity index (χ0v) is 19.5. The number of nitrogens with zero attached hydrogens (tertiary/aromatic N) is 3. The molecule has 2 fully saturated rings. The number of para-hydroxylation sites is 3. The number of hydrogen-bond donors (Lipinski definition) is 0. The van der Waals surface area contributed by atoms with Gasteiger partial charge in [0, 0.05) is 0 Å². The molecule has 3 atom stereocenters. The summed E-state index contributed by atoms with van der Waals surface area (Å²) in [4.78, 5) is 46.0.